The number of nitro groups is 2. The molecule has 2 rings (SSSR count). The Morgan fingerprint density at radius 3 is 1.66 bits per heavy atom. The van der Waals surface area contributed by atoms with Crippen LogP contribution >= 0.6 is 0 Å². The fourth-order valence-electron chi connectivity index (χ4n) is 1.78. The van der Waals surface area contributed by atoms with Crippen molar-refractivity contribution in [1.29, 1.82) is 0 Å². The highest BCUT2D eigenvalue weighted by Gasteiger charge is 2.34. The third-order valence-corrected chi connectivity index (χ3v) is 3.05. The smallest absolute Gasteiger partial charge is 0.388 e. The van der Waals surface area contributed by atoms with Crippen molar-refractivity contribution in [3.8, 4) is 5.88 Å². The van der Waals surface area contributed by atoms with E-state index in [4.69, 9.17) is 0 Å². The van der Waals surface area contributed by atoms with Gasteiger partial charge in [-0.3, -0.25) is 20.2 Å². The predicted molar refractivity (Wildman–Crippen MR) is 82.9 cm³/mol. The Labute approximate surface area is 157 Å². The maximum atomic E-state index is 12.1. The minimum Gasteiger partial charge on any atom is -0.388 e. The van der Waals surface area contributed by atoms with Crippen LogP contribution < -0.4 is 4.74 Å². The van der Waals surface area contributed by atoms with Crippen LogP contribution in [0.3, 0.4) is 0 Å². The minimum atomic E-state index is -4.85. The predicted octanol–water partition coefficient (Wildman–Crippen LogP) is 4.51. The zero-order valence-electron chi connectivity index (χ0n) is 14.4. The molecule has 0 aromatic carbocycles. The number of hydrogen-bond acceptors (Lipinski definition) is 7. The van der Waals surface area contributed by atoms with E-state index in [9.17, 15) is 46.6 Å². The molecule has 0 N–H and O–H groups in total. The average Bonchev–Trinajstić information content (AvgIpc) is 2.52. The highest BCUT2D eigenvalue weighted by Crippen LogP contribution is 2.30. The van der Waals surface area contributed by atoms with Crippen molar-refractivity contribution in [2.75, 3.05) is 0 Å². The van der Waals surface area contributed by atoms with Gasteiger partial charge < -0.3 is 4.74 Å². The normalized spacial score (nSPS) is 11.3. The summed E-state index contributed by atoms with van der Waals surface area (Å²) in [5.41, 5.74) is -1.91. The van der Waals surface area contributed by atoms with Crippen molar-refractivity contribution in [3.63, 3.8) is 0 Å². The van der Waals surface area contributed by atoms with E-state index in [1.165, 1.54) is 13.8 Å². The SMILES string of the molecule is Cc1cc(C(F)(F)F)ncc1[N+](=O)[O-].Cc1cc(OC(F)(F)F)ncc1[N+](=O)[O-]. The lowest BCUT2D eigenvalue weighted by atomic mass is 10.2. The second-order valence-electron chi connectivity index (χ2n) is 5.22. The molecule has 0 aliphatic carbocycles. The van der Waals surface area contributed by atoms with Gasteiger partial charge >= 0.3 is 12.5 Å². The molecular weight excluding hydrogens is 418 g/mol. The standard InChI is InChI=1S/C7H5F3N2O3.C7H5F3N2O2/c1-4-2-6(15-7(8,9)10)11-3-5(4)12(13)14;1-4-2-6(7(8,9)10)11-3-5(4)12(13)14/h2-3H,1H3;2-3H,1H3. The van der Waals surface area contributed by atoms with E-state index < -0.39 is 39.6 Å². The van der Waals surface area contributed by atoms with E-state index in [-0.39, 0.29) is 16.8 Å². The number of alkyl halides is 6. The van der Waals surface area contributed by atoms with Gasteiger partial charge in [-0.1, -0.05) is 0 Å². The molecular formula is C14H10F6N4O5. The quantitative estimate of drug-likeness (QED) is 0.400. The second kappa shape index (κ2) is 8.66. The number of rotatable bonds is 3. The number of pyridine rings is 2. The van der Waals surface area contributed by atoms with Crippen molar-refractivity contribution in [1.82, 2.24) is 9.97 Å². The zero-order chi connectivity index (χ0) is 22.6. The Kier molecular flexibility index (Phi) is 7.02. The largest absolute Gasteiger partial charge is 0.574 e. The van der Waals surface area contributed by atoms with Crippen LogP contribution in [0.25, 0.3) is 0 Å². The molecule has 2 aromatic rings. The molecule has 0 atom stereocenters. The Hall–Kier alpha value is -3.52. The summed E-state index contributed by atoms with van der Waals surface area (Å²) in [7, 11) is 0. The van der Waals surface area contributed by atoms with Gasteiger partial charge in [0.1, 0.15) is 18.1 Å². The maximum Gasteiger partial charge on any atom is 0.574 e. The second-order valence-corrected chi connectivity index (χ2v) is 5.22. The highest BCUT2D eigenvalue weighted by atomic mass is 19.4. The van der Waals surface area contributed by atoms with E-state index in [1.54, 1.807) is 0 Å². The van der Waals surface area contributed by atoms with E-state index in [2.05, 4.69) is 14.7 Å². The van der Waals surface area contributed by atoms with Crippen LogP contribution in [0.15, 0.2) is 24.5 Å². The van der Waals surface area contributed by atoms with Crippen LogP contribution in [-0.4, -0.2) is 26.2 Å². The molecule has 0 unspecified atom stereocenters. The van der Waals surface area contributed by atoms with Crippen LogP contribution in [0, 0.1) is 34.1 Å². The molecule has 0 fully saturated rings. The zero-order valence-corrected chi connectivity index (χ0v) is 14.4. The molecule has 158 valence electrons. The summed E-state index contributed by atoms with van der Waals surface area (Å²) in [6.45, 7) is 2.53. The van der Waals surface area contributed by atoms with E-state index in [1.807, 2.05) is 0 Å². The number of ether oxygens (including phenoxy) is 1. The summed E-state index contributed by atoms with van der Waals surface area (Å²) in [5, 5.41) is 20.6. The Balaban J connectivity index is 0.000000291. The van der Waals surface area contributed by atoms with Gasteiger partial charge in [0.05, 0.1) is 9.85 Å². The van der Waals surface area contributed by atoms with Crippen molar-refractivity contribution in [2.45, 2.75) is 26.4 Å². The van der Waals surface area contributed by atoms with E-state index in [0.29, 0.717) is 12.3 Å². The molecule has 0 bridgehead atoms. The van der Waals surface area contributed by atoms with Crippen LogP contribution in [0.5, 0.6) is 5.88 Å². The third-order valence-electron chi connectivity index (χ3n) is 3.05. The maximum absolute atomic E-state index is 12.1. The molecule has 0 aliphatic rings. The van der Waals surface area contributed by atoms with Gasteiger partial charge in [0.25, 0.3) is 11.4 Å². The lowest BCUT2D eigenvalue weighted by molar-refractivity contribution is -0.385. The van der Waals surface area contributed by atoms with E-state index >= 15 is 0 Å². The first-order valence-electron chi connectivity index (χ1n) is 7.17. The van der Waals surface area contributed by atoms with E-state index in [0.717, 1.165) is 12.3 Å². The van der Waals surface area contributed by atoms with Gasteiger partial charge in [-0.2, -0.15) is 13.2 Å². The molecule has 15 heteroatoms. The number of aromatic nitrogens is 2. The fraction of sp³-hybridized carbons (Fsp3) is 0.286. The number of hydrogen-bond donors (Lipinski definition) is 0. The Bertz CT molecular complexity index is 916. The van der Waals surface area contributed by atoms with Crippen molar-refractivity contribution in [2.24, 2.45) is 0 Å². The summed E-state index contributed by atoms with van der Waals surface area (Å²) in [6, 6.07) is 1.50. The molecule has 0 saturated carbocycles. The lowest BCUT2D eigenvalue weighted by Gasteiger charge is -2.07. The molecule has 0 radical (unpaired) electrons. The minimum absolute atomic E-state index is 0.0502. The fourth-order valence-corrected chi connectivity index (χ4v) is 1.78. The van der Waals surface area contributed by atoms with Gasteiger partial charge in [0.2, 0.25) is 5.88 Å². The first kappa shape index (κ1) is 23.5. The molecule has 29 heavy (non-hydrogen) atoms. The van der Waals surface area contributed by atoms with Crippen LogP contribution in [0.1, 0.15) is 16.8 Å². The van der Waals surface area contributed by atoms with Crippen LogP contribution in [-0.2, 0) is 6.18 Å². The first-order valence-corrected chi connectivity index (χ1v) is 7.17. The molecule has 0 spiro atoms. The Morgan fingerprint density at radius 2 is 1.31 bits per heavy atom. The number of nitrogens with zero attached hydrogens (tertiary/aromatic N) is 4. The van der Waals surface area contributed by atoms with Gasteiger partial charge in [-0.05, 0) is 19.9 Å². The lowest BCUT2D eigenvalue weighted by Crippen LogP contribution is -2.18. The summed E-state index contributed by atoms with van der Waals surface area (Å²) in [6.07, 6.45) is -8.09. The van der Waals surface area contributed by atoms with Gasteiger partial charge in [-0.15, -0.1) is 13.2 Å². The molecule has 0 saturated heterocycles. The van der Waals surface area contributed by atoms with Crippen LogP contribution in [0.2, 0.25) is 0 Å². The summed E-state index contributed by atoms with van der Waals surface area (Å²) < 4.78 is 74.9. The third kappa shape index (κ3) is 7.19. The number of halogens is 6. The first-order chi connectivity index (χ1) is 13.1. The van der Waals surface area contributed by atoms with Crippen molar-refractivity contribution < 1.29 is 40.9 Å². The monoisotopic (exact) mass is 428 g/mol. The molecule has 2 aromatic heterocycles. The summed E-state index contributed by atoms with van der Waals surface area (Å²) >= 11 is 0. The molecule has 0 amide bonds. The van der Waals surface area contributed by atoms with Gasteiger partial charge in [-0.25, -0.2) is 9.97 Å². The average molecular weight is 428 g/mol. The summed E-state index contributed by atoms with van der Waals surface area (Å²) in [4.78, 5) is 25.2. The van der Waals surface area contributed by atoms with Crippen molar-refractivity contribution >= 4 is 11.4 Å². The molecule has 0 aliphatic heterocycles. The topological polar surface area (TPSA) is 121 Å². The van der Waals surface area contributed by atoms with Crippen molar-refractivity contribution in [3.05, 3.63) is 61.6 Å². The van der Waals surface area contributed by atoms with Gasteiger partial charge in [0, 0.05) is 17.2 Å². The number of aryl methyl sites for hydroxylation is 2. The van der Waals surface area contributed by atoms with Gasteiger partial charge in [0.15, 0.2) is 0 Å². The highest BCUT2D eigenvalue weighted by molar-refractivity contribution is 5.39. The molecule has 2 heterocycles. The summed E-state index contributed by atoms with van der Waals surface area (Å²) in [5.74, 6) is -0.717. The Morgan fingerprint density at radius 1 is 0.862 bits per heavy atom. The van der Waals surface area contributed by atoms with Crippen LogP contribution in [0.4, 0.5) is 37.7 Å². The molecule has 9 nitrogen and oxygen atoms in total.